The summed E-state index contributed by atoms with van der Waals surface area (Å²) in [6.45, 7) is 4.77. The number of thiophene rings is 1. The zero-order chi connectivity index (χ0) is 15.8. The van der Waals surface area contributed by atoms with Crippen LogP contribution < -0.4 is 10.6 Å². The average Bonchev–Trinajstić information content (AvgIpc) is 3.45. The Morgan fingerprint density at radius 3 is 2.83 bits per heavy atom. The lowest BCUT2D eigenvalue weighted by atomic mass is 10.1. The second kappa shape index (κ2) is 6.54. The molecule has 0 aromatic carbocycles. The molecule has 126 valence electrons. The minimum atomic E-state index is 0.0973. The van der Waals surface area contributed by atoms with Gasteiger partial charge < -0.3 is 15.4 Å². The van der Waals surface area contributed by atoms with E-state index >= 15 is 0 Å². The van der Waals surface area contributed by atoms with Gasteiger partial charge in [0.2, 0.25) is 0 Å². The summed E-state index contributed by atoms with van der Waals surface area (Å²) in [6, 6.07) is 3.05. The van der Waals surface area contributed by atoms with Gasteiger partial charge in [-0.3, -0.25) is 4.79 Å². The molecule has 0 radical (unpaired) electrons. The third-order valence-corrected chi connectivity index (χ3v) is 6.44. The lowest BCUT2D eigenvalue weighted by molar-refractivity contribution is 0.0696. The molecule has 2 saturated carbocycles. The Hall–Kier alpha value is -0.910. The maximum absolute atomic E-state index is 12.5. The predicted molar refractivity (Wildman–Crippen MR) is 92.2 cm³/mol. The highest BCUT2D eigenvalue weighted by Gasteiger charge is 2.40. The number of carbonyl (C=O) groups excluding carboxylic acids is 1. The molecule has 23 heavy (non-hydrogen) atoms. The van der Waals surface area contributed by atoms with Crippen LogP contribution in [0.3, 0.4) is 0 Å². The minimum Gasteiger partial charge on any atom is -0.381 e. The SMILES string of the molecule is Cc1sc([C@@H]2C[C@H]2NCC2CC2)cc1C(=O)NC1CCOCC1. The third-order valence-electron chi connectivity index (χ3n) is 5.26. The van der Waals surface area contributed by atoms with Crippen LogP contribution in [0.4, 0.5) is 0 Å². The second-order valence-electron chi connectivity index (χ2n) is 7.28. The molecule has 2 heterocycles. The maximum Gasteiger partial charge on any atom is 0.252 e. The van der Waals surface area contributed by atoms with E-state index in [4.69, 9.17) is 4.74 Å². The monoisotopic (exact) mass is 334 g/mol. The summed E-state index contributed by atoms with van der Waals surface area (Å²) in [4.78, 5) is 15.1. The normalized spacial score (nSPS) is 27.9. The first-order chi connectivity index (χ1) is 11.2. The van der Waals surface area contributed by atoms with Gasteiger partial charge in [0.1, 0.15) is 0 Å². The van der Waals surface area contributed by atoms with Crippen LogP contribution in [0.1, 0.15) is 58.1 Å². The number of aryl methyl sites for hydroxylation is 1. The van der Waals surface area contributed by atoms with Crippen molar-refractivity contribution in [3.05, 3.63) is 21.4 Å². The fourth-order valence-electron chi connectivity index (χ4n) is 3.39. The molecule has 1 aromatic heterocycles. The average molecular weight is 334 g/mol. The summed E-state index contributed by atoms with van der Waals surface area (Å²) in [5.74, 6) is 1.66. The summed E-state index contributed by atoms with van der Waals surface area (Å²) < 4.78 is 5.35. The predicted octanol–water partition coefficient (Wildman–Crippen LogP) is 2.82. The lowest BCUT2D eigenvalue weighted by Crippen LogP contribution is -2.38. The van der Waals surface area contributed by atoms with Gasteiger partial charge in [-0.2, -0.15) is 0 Å². The van der Waals surface area contributed by atoms with Gasteiger partial charge in [0.15, 0.2) is 0 Å². The molecular weight excluding hydrogens is 308 g/mol. The Labute approximate surface area is 142 Å². The van der Waals surface area contributed by atoms with Gasteiger partial charge >= 0.3 is 0 Å². The Morgan fingerprint density at radius 1 is 1.30 bits per heavy atom. The van der Waals surface area contributed by atoms with Crippen molar-refractivity contribution in [3.63, 3.8) is 0 Å². The lowest BCUT2D eigenvalue weighted by Gasteiger charge is -2.23. The Kier molecular flexibility index (Phi) is 4.43. The number of carbonyl (C=O) groups is 1. The molecule has 1 aromatic rings. The largest absolute Gasteiger partial charge is 0.381 e. The Bertz CT molecular complexity index is 576. The maximum atomic E-state index is 12.5. The molecule has 1 amide bonds. The van der Waals surface area contributed by atoms with Crippen molar-refractivity contribution in [2.24, 2.45) is 5.92 Å². The molecule has 2 N–H and O–H groups in total. The van der Waals surface area contributed by atoms with Crippen LogP contribution in [-0.4, -0.2) is 37.7 Å². The van der Waals surface area contributed by atoms with E-state index in [9.17, 15) is 4.79 Å². The zero-order valence-corrected chi connectivity index (χ0v) is 14.6. The number of nitrogens with one attached hydrogen (secondary N) is 2. The first-order valence-electron chi connectivity index (χ1n) is 8.93. The van der Waals surface area contributed by atoms with E-state index < -0.39 is 0 Å². The van der Waals surface area contributed by atoms with Crippen molar-refractivity contribution in [2.75, 3.05) is 19.8 Å². The van der Waals surface area contributed by atoms with E-state index in [1.807, 2.05) is 0 Å². The van der Waals surface area contributed by atoms with Crippen molar-refractivity contribution >= 4 is 17.2 Å². The number of ether oxygens (including phenoxy) is 1. The van der Waals surface area contributed by atoms with E-state index in [-0.39, 0.29) is 11.9 Å². The number of amides is 1. The number of hydrogen-bond donors (Lipinski definition) is 2. The van der Waals surface area contributed by atoms with Gasteiger partial charge in [-0.1, -0.05) is 0 Å². The van der Waals surface area contributed by atoms with Crippen molar-refractivity contribution in [1.29, 1.82) is 0 Å². The molecule has 5 heteroatoms. The van der Waals surface area contributed by atoms with Crippen LogP contribution in [-0.2, 0) is 4.74 Å². The summed E-state index contributed by atoms with van der Waals surface area (Å²) in [7, 11) is 0. The Balaban J connectivity index is 1.34. The molecule has 2 aliphatic carbocycles. The molecule has 0 spiro atoms. The first-order valence-corrected chi connectivity index (χ1v) is 9.74. The van der Waals surface area contributed by atoms with Crippen LogP contribution >= 0.6 is 11.3 Å². The highest BCUT2D eigenvalue weighted by atomic mass is 32.1. The standard InChI is InChI=1S/C18H26N2O2S/c1-11-14(18(21)20-13-4-6-22-7-5-13)9-17(23-11)15-8-16(15)19-10-12-2-3-12/h9,12-13,15-16,19H,2-8,10H2,1H3,(H,20,21)/t15-,16-/m1/s1. The van der Waals surface area contributed by atoms with E-state index in [0.29, 0.717) is 12.0 Å². The van der Waals surface area contributed by atoms with Crippen LogP contribution in [0.2, 0.25) is 0 Å². The molecule has 0 bridgehead atoms. The van der Waals surface area contributed by atoms with E-state index in [2.05, 4.69) is 23.6 Å². The van der Waals surface area contributed by atoms with E-state index in [1.54, 1.807) is 11.3 Å². The summed E-state index contributed by atoms with van der Waals surface area (Å²) in [6.07, 6.45) is 5.89. The number of rotatable bonds is 6. The number of hydrogen-bond acceptors (Lipinski definition) is 4. The smallest absolute Gasteiger partial charge is 0.252 e. The zero-order valence-electron chi connectivity index (χ0n) is 13.8. The highest BCUT2D eigenvalue weighted by Crippen LogP contribution is 2.45. The van der Waals surface area contributed by atoms with Crippen molar-refractivity contribution < 1.29 is 9.53 Å². The fourth-order valence-corrected chi connectivity index (χ4v) is 4.60. The summed E-state index contributed by atoms with van der Waals surface area (Å²) in [5, 5.41) is 6.86. The Morgan fingerprint density at radius 2 is 2.09 bits per heavy atom. The van der Waals surface area contributed by atoms with Gasteiger partial charge in [0, 0.05) is 41.0 Å². The van der Waals surface area contributed by atoms with Crippen LogP contribution in [0, 0.1) is 12.8 Å². The minimum absolute atomic E-state index is 0.0973. The van der Waals surface area contributed by atoms with Crippen molar-refractivity contribution in [2.45, 2.75) is 57.0 Å². The van der Waals surface area contributed by atoms with Crippen LogP contribution in [0.25, 0.3) is 0 Å². The second-order valence-corrected chi connectivity index (χ2v) is 8.57. The third kappa shape index (κ3) is 3.78. The molecular formula is C18H26N2O2S. The molecule has 3 fully saturated rings. The van der Waals surface area contributed by atoms with Crippen molar-refractivity contribution in [1.82, 2.24) is 10.6 Å². The first kappa shape index (κ1) is 15.6. The molecule has 1 saturated heterocycles. The van der Waals surface area contributed by atoms with Gasteiger partial charge in [-0.15, -0.1) is 11.3 Å². The molecule has 4 nitrogen and oxygen atoms in total. The quantitative estimate of drug-likeness (QED) is 0.841. The van der Waals surface area contributed by atoms with Gasteiger partial charge in [0.05, 0.1) is 5.56 Å². The van der Waals surface area contributed by atoms with Crippen molar-refractivity contribution in [3.8, 4) is 0 Å². The molecule has 3 aliphatic rings. The molecule has 0 unspecified atom stereocenters. The fraction of sp³-hybridized carbons (Fsp3) is 0.722. The molecule has 2 atom stereocenters. The summed E-state index contributed by atoms with van der Waals surface area (Å²) in [5.41, 5.74) is 0.879. The van der Waals surface area contributed by atoms with Gasteiger partial charge in [0.25, 0.3) is 5.91 Å². The van der Waals surface area contributed by atoms with E-state index in [0.717, 1.165) is 42.4 Å². The van der Waals surface area contributed by atoms with E-state index in [1.165, 1.54) is 30.7 Å². The van der Waals surface area contributed by atoms with Gasteiger partial charge in [-0.25, -0.2) is 0 Å². The van der Waals surface area contributed by atoms with Crippen LogP contribution in [0.5, 0.6) is 0 Å². The molecule has 1 aliphatic heterocycles. The molecule has 4 rings (SSSR count). The topological polar surface area (TPSA) is 50.4 Å². The van der Waals surface area contributed by atoms with Gasteiger partial charge in [-0.05, 0) is 57.6 Å². The van der Waals surface area contributed by atoms with Crippen LogP contribution in [0.15, 0.2) is 6.07 Å². The summed E-state index contributed by atoms with van der Waals surface area (Å²) >= 11 is 1.80. The highest BCUT2D eigenvalue weighted by molar-refractivity contribution is 7.12.